The van der Waals surface area contributed by atoms with Crippen LogP contribution in [0.3, 0.4) is 0 Å². The van der Waals surface area contributed by atoms with E-state index in [1.54, 1.807) is 6.07 Å². The van der Waals surface area contributed by atoms with Gasteiger partial charge in [-0.2, -0.15) is 8.42 Å². The van der Waals surface area contributed by atoms with E-state index < -0.39 is 50.7 Å². The van der Waals surface area contributed by atoms with Crippen molar-refractivity contribution in [3.8, 4) is 0 Å². The summed E-state index contributed by atoms with van der Waals surface area (Å²) in [6.45, 7) is 0. The van der Waals surface area contributed by atoms with Crippen molar-refractivity contribution in [2.75, 3.05) is 0 Å². The monoisotopic (exact) mass is 400 g/mol. The minimum atomic E-state index is -5.13. The second-order valence-corrected chi connectivity index (χ2v) is 6.74. The van der Waals surface area contributed by atoms with Crippen molar-refractivity contribution in [2.45, 2.75) is 11.8 Å². The Morgan fingerprint density at radius 1 is 1.27 bits per heavy atom. The van der Waals surface area contributed by atoms with Crippen LogP contribution in [0, 0.1) is 5.82 Å². The minimum Gasteiger partial charge on any atom is -0.460 e. The molecular formula is C17H13ClFNO5S. The van der Waals surface area contributed by atoms with Gasteiger partial charge in [-0.25, -0.2) is 4.39 Å². The summed E-state index contributed by atoms with van der Waals surface area (Å²) in [4.78, 5) is 12.7. The van der Waals surface area contributed by atoms with Crippen LogP contribution in [0.4, 0.5) is 4.39 Å². The highest BCUT2D eigenvalue weighted by Crippen LogP contribution is 2.37. The molecule has 0 unspecified atom stereocenters. The summed E-state index contributed by atoms with van der Waals surface area (Å²) in [5.41, 5.74) is 1.50. The van der Waals surface area contributed by atoms with E-state index in [2.05, 4.69) is 4.18 Å². The third-order valence-corrected chi connectivity index (χ3v) is 4.43. The molecule has 2 N–H and O–H groups in total. The largest absolute Gasteiger partial charge is 0.460 e. The molecule has 2 aromatic rings. The first kappa shape index (κ1) is 14.6. The fourth-order valence-electron chi connectivity index (χ4n) is 2.16. The smallest absolute Gasteiger partial charge is 0.313 e. The number of halogens is 2. The van der Waals surface area contributed by atoms with Gasteiger partial charge in [-0.1, -0.05) is 48.0 Å². The topological polar surface area (TPSA) is 95.7 Å². The maximum absolute atomic E-state index is 14.2. The van der Waals surface area contributed by atoms with E-state index in [4.69, 9.17) is 26.2 Å². The molecule has 2 aromatic carbocycles. The average Bonchev–Trinajstić information content (AvgIpc) is 2.85. The van der Waals surface area contributed by atoms with Crippen LogP contribution in [0.5, 0.6) is 0 Å². The molecule has 6 nitrogen and oxygen atoms in total. The molecule has 0 aliphatic carbocycles. The Kier molecular flexibility index (Phi) is 3.91. The summed E-state index contributed by atoms with van der Waals surface area (Å²) >= 11 is 5.88. The number of Topliss-reactive ketones (excluding diaryl/α,β-unsaturated/α-hetero) is 1. The van der Waals surface area contributed by atoms with Crippen molar-refractivity contribution in [1.82, 2.24) is 0 Å². The zero-order valence-corrected chi connectivity index (χ0v) is 14.5. The summed E-state index contributed by atoms with van der Waals surface area (Å²) in [5, 5.41) is -0.329. The quantitative estimate of drug-likeness (QED) is 0.775. The standard InChI is InChI=1S/C17H13ClFNO5S/c18-11-7-4-8-12(19)13(11)15-14(21)16(17(20)24-15)25-26(22,23)9-10-5-2-1-3-6-10/h1-8,15H,9,20H2/t15-/m1/s1/i9D2,15D. The number of hydrogen-bond acceptors (Lipinski definition) is 6. The Morgan fingerprint density at radius 3 is 2.62 bits per heavy atom. The number of carbonyl (C=O) groups is 1. The van der Waals surface area contributed by atoms with E-state index in [1.165, 1.54) is 36.4 Å². The van der Waals surface area contributed by atoms with Crippen LogP contribution < -0.4 is 5.73 Å². The van der Waals surface area contributed by atoms with Crippen molar-refractivity contribution < 1.29 is 30.6 Å². The predicted octanol–water partition coefficient (Wildman–Crippen LogP) is 2.79. The van der Waals surface area contributed by atoms with Crippen LogP contribution in [0.15, 0.2) is 60.2 Å². The van der Waals surface area contributed by atoms with Gasteiger partial charge in [0.05, 0.1) is 14.7 Å². The van der Waals surface area contributed by atoms with E-state index >= 15 is 0 Å². The molecule has 0 spiro atoms. The highest BCUT2D eigenvalue weighted by molar-refractivity contribution is 7.86. The second-order valence-electron chi connectivity index (χ2n) is 5.06. The van der Waals surface area contributed by atoms with Gasteiger partial charge in [0.2, 0.25) is 17.4 Å². The first-order chi connectivity index (χ1) is 13.4. The van der Waals surface area contributed by atoms with Crippen LogP contribution in [0.25, 0.3) is 0 Å². The van der Waals surface area contributed by atoms with Gasteiger partial charge in [-0.15, -0.1) is 0 Å². The summed E-state index contributed by atoms with van der Waals surface area (Å²) in [5.74, 6) is -4.57. The molecule has 1 aliphatic heterocycles. The molecular weight excluding hydrogens is 385 g/mol. The number of hydrogen-bond donors (Lipinski definition) is 1. The fraction of sp³-hybridized carbons (Fsp3) is 0.118. The highest BCUT2D eigenvalue weighted by atomic mass is 35.5. The lowest BCUT2D eigenvalue weighted by atomic mass is 10.1. The first-order valence-electron chi connectivity index (χ1n) is 8.59. The van der Waals surface area contributed by atoms with Crippen molar-refractivity contribution in [3.63, 3.8) is 0 Å². The van der Waals surface area contributed by atoms with E-state index in [9.17, 15) is 17.6 Å². The van der Waals surface area contributed by atoms with E-state index in [1.807, 2.05) is 0 Å². The van der Waals surface area contributed by atoms with E-state index in [0.717, 1.165) is 6.07 Å². The minimum absolute atomic E-state index is 0.264. The maximum atomic E-state index is 14.2. The van der Waals surface area contributed by atoms with Gasteiger partial charge >= 0.3 is 10.1 Å². The second kappa shape index (κ2) is 6.97. The molecule has 0 amide bonds. The highest BCUT2D eigenvalue weighted by Gasteiger charge is 2.41. The SMILES string of the molecule is [2H]C([2H])(c1ccccc1)S(=O)(=O)OC1=C(N)O[C@]([2H])(c2c(F)cccc2Cl)C1=O. The number of carbonyl (C=O) groups excluding carboxylic acids is 1. The maximum Gasteiger partial charge on any atom is 0.313 e. The lowest BCUT2D eigenvalue weighted by Gasteiger charge is -2.12. The summed E-state index contributed by atoms with van der Waals surface area (Å²) in [6.07, 6.45) is -2.84. The molecule has 3 rings (SSSR count). The number of ether oxygens (including phenoxy) is 1. The van der Waals surface area contributed by atoms with E-state index in [0.29, 0.717) is 0 Å². The third kappa shape index (κ3) is 3.66. The van der Waals surface area contributed by atoms with Gasteiger partial charge in [0.1, 0.15) is 11.5 Å². The summed E-state index contributed by atoms with van der Waals surface area (Å²) < 4.78 is 72.8. The molecule has 9 heteroatoms. The van der Waals surface area contributed by atoms with Crippen molar-refractivity contribution in [3.05, 3.63) is 82.1 Å². The Bertz CT molecular complexity index is 1110. The average molecular weight is 401 g/mol. The summed E-state index contributed by atoms with van der Waals surface area (Å²) in [6, 6.07) is 10.1. The number of ketones is 1. The van der Waals surface area contributed by atoms with Crippen LogP contribution >= 0.6 is 11.6 Å². The fourth-order valence-corrected chi connectivity index (χ4v) is 3.25. The van der Waals surface area contributed by atoms with Crippen molar-refractivity contribution >= 4 is 27.5 Å². The third-order valence-electron chi connectivity index (χ3n) is 3.25. The normalized spacial score (nSPS) is 22.4. The zero-order valence-electron chi connectivity index (χ0n) is 15.9. The number of benzene rings is 2. The van der Waals surface area contributed by atoms with E-state index in [-0.39, 0.29) is 10.6 Å². The van der Waals surface area contributed by atoms with Crippen molar-refractivity contribution in [1.29, 1.82) is 0 Å². The van der Waals surface area contributed by atoms with Gasteiger partial charge in [0.25, 0.3) is 0 Å². The molecule has 0 aromatic heterocycles. The van der Waals surface area contributed by atoms with Gasteiger partial charge in [-0.3, -0.25) is 4.79 Å². The van der Waals surface area contributed by atoms with Gasteiger partial charge in [0.15, 0.2) is 6.08 Å². The Morgan fingerprint density at radius 2 is 1.96 bits per heavy atom. The predicted molar refractivity (Wildman–Crippen MR) is 91.6 cm³/mol. The molecule has 0 saturated heterocycles. The van der Waals surface area contributed by atoms with Crippen LogP contribution in [-0.2, 0) is 29.5 Å². The molecule has 26 heavy (non-hydrogen) atoms. The van der Waals surface area contributed by atoms with Crippen LogP contribution in [-0.4, -0.2) is 14.2 Å². The number of nitrogens with two attached hydrogens (primary N) is 1. The molecule has 1 aliphatic rings. The molecule has 0 fully saturated rings. The Hall–Kier alpha value is -2.58. The molecule has 1 heterocycles. The molecule has 0 bridgehead atoms. The molecule has 1 atom stereocenters. The molecule has 136 valence electrons. The van der Waals surface area contributed by atoms with Gasteiger partial charge in [0, 0.05) is 0 Å². The zero-order chi connectivity index (χ0) is 21.6. The van der Waals surface area contributed by atoms with Crippen LogP contribution in [0.1, 0.15) is 21.3 Å². The first-order valence-corrected chi connectivity index (χ1v) is 8.88. The lowest BCUT2D eigenvalue weighted by molar-refractivity contribution is -0.123. The van der Waals surface area contributed by atoms with Crippen LogP contribution in [0.2, 0.25) is 5.02 Å². The summed E-state index contributed by atoms with van der Waals surface area (Å²) in [7, 11) is -5.13. The van der Waals surface area contributed by atoms with Crippen molar-refractivity contribution in [2.24, 2.45) is 5.73 Å². The van der Waals surface area contributed by atoms with Gasteiger partial charge in [-0.05, 0) is 17.7 Å². The number of rotatable bonds is 5. The Balaban J connectivity index is 1.99. The molecule has 0 saturated carbocycles. The molecule has 0 radical (unpaired) electrons. The van der Waals surface area contributed by atoms with Gasteiger partial charge < -0.3 is 14.7 Å². The Labute approximate surface area is 158 Å². The lowest BCUT2D eigenvalue weighted by Crippen LogP contribution is -2.17.